The molecule has 0 heterocycles. The molecule has 0 bridgehead atoms. The number of benzene rings is 1. The summed E-state index contributed by atoms with van der Waals surface area (Å²) in [6, 6.07) is 3.10. The van der Waals surface area contributed by atoms with Gasteiger partial charge < -0.3 is 15.3 Å². The summed E-state index contributed by atoms with van der Waals surface area (Å²) < 4.78 is 5.39. The number of hydrogen-bond acceptors (Lipinski definition) is 4. The Bertz CT molecular complexity index is 404. The van der Waals surface area contributed by atoms with Crippen molar-refractivity contribution in [2.45, 2.75) is 13.5 Å². The lowest BCUT2D eigenvalue weighted by Gasteiger charge is -2.08. The van der Waals surface area contributed by atoms with Crippen molar-refractivity contribution in [2.75, 3.05) is 0 Å². The number of hydrogen-bond donors (Lipinski definition) is 2. The van der Waals surface area contributed by atoms with E-state index >= 15 is 0 Å². The van der Waals surface area contributed by atoms with Crippen molar-refractivity contribution < 1.29 is 14.6 Å². The molecule has 0 spiro atoms. The molecule has 80 valence electrons. The predicted molar refractivity (Wildman–Crippen MR) is 59.2 cm³/mol. The lowest BCUT2D eigenvalue weighted by atomic mass is 10.1. The van der Waals surface area contributed by atoms with Crippen LogP contribution in [-0.4, -0.2) is 17.3 Å². The van der Waals surface area contributed by atoms with E-state index in [0.29, 0.717) is 15.6 Å². The maximum atomic E-state index is 10.6. The average Bonchev–Trinajstić information content (AvgIpc) is 2.17. The van der Waals surface area contributed by atoms with Crippen molar-refractivity contribution in [3.8, 4) is 5.75 Å². The van der Waals surface area contributed by atoms with Gasteiger partial charge in [0.2, 0.25) is 0 Å². The number of phenolic OH excluding ortho intramolecular Hbond substituents is 1. The molecule has 0 aromatic heterocycles. The fourth-order valence-electron chi connectivity index (χ4n) is 1.06. The summed E-state index contributed by atoms with van der Waals surface area (Å²) in [6.45, 7) is 1.45. The third-order valence-corrected chi connectivity index (χ3v) is 2.75. The molecule has 0 amide bonds. The minimum atomic E-state index is -0.369. The van der Waals surface area contributed by atoms with Crippen LogP contribution in [0.5, 0.6) is 5.75 Å². The lowest BCUT2D eigenvalue weighted by molar-refractivity contribution is -0.142. The number of rotatable bonds is 3. The molecule has 0 saturated heterocycles. The maximum Gasteiger partial charge on any atom is 0.302 e. The van der Waals surface area contributed by atoms with Crippen LogP contribution in [0.25, 0.3) is 0 Å². The molecule has 5 heteroatoms. The van der Waals surface area contributed by atoms with E-state index in [-0.39, 0.29) is 18.3 Å². The van der Waals surface area contributed by atoms with Gasteiger partial charge in [0.15, 0.2) is 0 Å². The molecular formula is C10H10BrNO3. The molecule has 0 aliphatic carbocycles. The van der Waals surface area contributed by atoms with Crippen LogP contribution in [0, 0.1) is 5.41 Å². The summed E-state index contributed by atoms with van der Waals surface area (Å²) in [5, 5.41) is 16.5. The predicted octanol–water partition coefficient (Wildman–Crippen LogP) is 2.22. The monoisotopic (exact) mass is 271 g/mol. The van der Waals surface area contributed by atoms with Gasteiger partial charge in [-0.3, -0.25) is 4.79 Å². The first-order chi connectivity index (χ1) is 7.06. The van der Waals surface area contributed by atoms with Crippen LogP contribution in [0.2, 0.25) is 0 Å². The third-order valence-electron chi connectivity index (χ3n) is 1.81. The second-order valence-corrected chi connectivity index (χ2v) is 3.69. The Labute approximate surface area is 95.5 Å². The Morgan fingerprint density at radius 3 is 2.87 bits per heavy atom. The van der Waals surface area contributed by atoms with Gasteiger partial charge in [-0.1, -0.05) is 6.07 Å². The molecule has 1 aromatic rings. The van der Waals surface area contributed by atoms with E-state index in [2.05, 4.69) is 15.9 Å². The van der Waals surface area contributed by atoms with Crippen molar-refractivity contribution in [1.29, 1.82) is 5.41 Å². The van der Waals surface area contributed by atoms with Gasteiger partial charge in [-0.15, -0.1) is 0 Å². The minimum Gasteiger partial charge on any atom is -0.507 e. The number of ether oxygens (including phenoxy) is 1. The van der Waals surface area contributed by atoms with Gasteiger partial charge >= 0.3 is 5.97 Å². The average molecular weight is 272 g/mol. The van der Waals surface area contributed by atoms with E-state index in [0.717, 1.165) is 6.21 Å². The molecule has 0 aliphatic rings. The van der Waals surface area contributed by atoms with E-state index in [4.69, 9.17) is 10.1 Å². The quantitative estimate of drug-likeness (QED) is 0.654. The van der Waals surface area contributed by atoms with Crippen LogP contribution in [0.3, 0.4) is 0 Å². The summed E-state index contributed by atoms with van der Waals surface area (Å²) in [5.74, 6) is -0.352. The summed E-state index contributed by atoms with van der Waals surface area (Å²) in [6.07, 6.45) is 1.04. The number of carbonyl (C=O) groups is 1. The van der Waals surface area contributed by atoms with Crippen LogP contribution in [-0.2, 0) is 16.1 Å². The molecule has 0 radical (unpaired) electrons. The SMILES string of the molecule is CC(=O)OCc1ccc(O)c(C=N)c1Br. The highest BCUT2D eigenvalue weighted by Crippen LogP contribution is 2.28. The Balaban J connectivity index is 2.99. The van der Waals surface area contributed by atoms with Crippen LogP contribution >= 0.6 is 15.9 Å². The van der Waals surface area contributed by atoms with Crippen molar-refractivity contribution >= 4 is 28.1 Å². The molecule has 0 unspecified atom stereocenters. The second-order valence-electron chi connectivity index (χ2n) is 2.90. The standard InChI is InChI=1S/C10H10BrNO3/c1-6(13)15-5-7-2-3-9(14)8(4-12)10(7)11/h2-4,12,14H,5H2,1H3. The van der Waals surface area contributed by atoms with E-state index < -0.39 is 0 Å². The molecule has 0 saturated carbocycles. The number of esters is 1. The normalized spacial score (nSPS) is 9.73. The molecule has 0 aliphatic heterocycles. The van der Waals surface area contributed by atoms with Gasteiger partial charge in [0, 0.05) is 28.7 Å². The zero-order valence-corrected chi connectivity index (χ0v) is 9.67. The first-order valence-corrected chi connectivity index (χ1v) is 4.99. The fraction of sp³-hybridized carbons (Fsp3) is 0.200. The van der Waals surface area contributed by atoms with Gasteiger partial charge in [-0.2, -0.15) is 0 Å². The summed E-state index contributed by atoms with van der Waals surface area (Å²) in [7, 11) is 0. The molecule has 15 heavy (non-hydrogen) atoms. The smallest absolute Gasteiger partial charge is 0.302 e. The van der Waals surface area contributed by atoms with E-state index in [9.17, 15) is 9.90 Å². The second kappa shape index (κ2) is 4.93. The van der Waals surface area contributed by atoms with Crippen LogP contribution in [0.1, 0.15) is 18.1 Å². The van der Waals surface area contributed by atoms with Crippen LogP contribution in [0.4, 0.5) is 0 Å². The van der Waals surface area contributed by atoms with Gasteiger partial charge in [0.05, 0.1) is 0 Å². The Morgan fingerprint density at radius 1 is 1.67 bits per heavy atom. The first-order valence-electron chi connectivity index (χ1n) is 4.20. The van der Waals surface area contributed by atoms with Gasteiger partial charge in [-0.05, 0) is 22.0 Å². The van der Waals surface area contributed by atoms with Crippen molar-refractivity contribution in [3.63, 3.8) is 0 Å². The highest BCUT2D eigenvalue weighted by molar-refractivity contribution is 9.10. The largest absolute Gasteiger partial charge is 0.507 e. The minimum absolute atomic E-state index is 0.0171. The van der Waals surface area contributed by atoms with Crippen molar-refractivity contribution in [2.24, 2.45) is 0 Å². The van der Waals surface area contributed by atoms with Gasteiger partial charge in [0.1, 0.15) is 12.4 Å². The number of carbonyl (C=O) groups excluding carboxylic acids is 1. The number of nitrogens with one attached hydrogen (secondary N) is 1. The Kier molecular flexibility index (Phi) is 3.85. The molecule has 1 rings (SSSR count). The summed E-state index contributed by atoms with van der Waals surface area (Å²) in [4.78, 5) is 10.6. The Hall–Kier alpha value is -1.36. The number of phenols is 1. The van der Waals surface area contributed by atoms with Crippen molar-refractivity contribution in [1.82, 2.24) is 0 Å². The Morgan fingerprint density at radius 2 is 2.33 bits per heavy atom. The van der Waals surface area contributed by atoms with Crippen LogP contribution < -0.4 is 0 Å². The molecule has 0 atom stereocenters. The highest BCUT2D eigenvalue weighted by atomic mass is 79.9. The number of aromatic hydroxyl groups is 1. The maximum absolute atomic E-state index is 10.6. The van der Waals surface area contributed by atoms with E-state index in [1.165, 1.54) is 13.0 Å². The van der Waals surface area contributed by atoms with E-state index in [1.54, 1.807) is 6.07 Å². The zero-order valence-electron chi connectivity index (χ0n) is 8.08. The van der Waals surface area contributed by atoms with Gasteiger partial charge in [-0.25, -0.2) is 0 Å². The number of halogens is 1. The van der Waals surface area contributed by atoms with Gasteiger partial charge in [0.25, 0.3) is 0 Å². The first kappa shape index (κ1) is 11.7. The molecule has 2 N–H and O–H groups in total. The highest BCUT2D eigenvalue weighted by Gasteiger charge is 2.09. The topological polar surface area (TPSA) is 70.4 Å². The fourth-order valence-corrected chi connectivity index (χ4v) is 1.62. The van der Waals surface area contributed by atoms with E-state index in [1.807, 2.05) is 0 Å². The molecule has 4 nitrogen and oxygen atoms in total. The lowest BCUT2D eigenvalue weighted by Crippen LogP contribution is -2.00. The summed E-state index contributed by atoms with van der Waals surface area (Å²) >= 11 is 3.24. The van der Waals surface area contributed by atoms with Crippen molar-refractivity contribution in [3.05, 3.63) is 27.7 Å². The zero-order chi connectivity index (χ0) is 11.4. The molecule has 0 fully saturated rings. The molecule has 1 aromatic carbocycles. The summed E-state index contributed by atoms with van der Waals surface area (Å²) in [5.41, 5.74) is 1.08. The van der Waals surface area contributed by atoms with Crippen LogP contribution in [0.15, 0.2) is 16.6 Å². The molecular weight excluding hydrogens is 262 g/mol. The third kappa shape index (κ3) is 2.79.